The van der Waals surface area contributed by atoms with Gasteiger partial charge < -0.3 is 0 Å². The Morgan fingerprint density at radius 3 is 1.76 bits per heavy atom. The summed E-state index contributed by atoms with van der Waals surface area (Å²) in [6.45, 7) is 0. The average molecular weight is 304 g/mol. The van der Waals surface area contributed by atoms with Gasteiger partial charge in [-0.15, -0.1) is 0 Å². The van der Waals surface area contributed by atoms with E-state index in [-0.39, 0.29) is 5.56 Å². The third kappa shape index (κ3) is 4.08. The van der Waals surface area contributed by atoms with E-state index in [2.05, 4.69) is 0 Å². The summed E-state index contributed by atoms with van der Waals surface area (Å²) < 4.78 is 30.2. The van der Waals surface area contributed by atoms with Crippen LogP contribution >= 0.6 is 0 Å². The van der Waals surface area contributed by atoms with Gasteiger partial charge in [-0.1, -0.05) is 54.6 Å². The molecule has 2 rings (SSSR count). The van der Waals surface area contributed by atoms with Crippen LogP contribution in [0.1, 0.15) is 26.3 Å². The highest BCUT2D eigenvalue weighted by Gasteiger charge is 2.18. The number of carbonyl (C=O) groups is 2. The predicted octanol–water partition coefficient (Wildman–Crippen LogP) is 2.14. The molecular formula is C15H12O5S. The molecule has 1 N–H and O–H groups in total. The smallest absolute Gasteiger partial charge is 0.269 e. The van der Waals surface area contributed by atoms with Crippen LogP contribution in [-0.2, 0) is 15.9 Å². The molecule has 0 fully saturated rings. The Kier molecular flexibility index (Phi) is 4.30. The Hall–Kier alpha value is -2.31. The van der Waals surface area contributed by atoms with Gasteiger partial charge in [0.1, 0.15) is 5.75 Å². The zero-order valence-electron chi connectivity index (χ0n) is 10.9. The van der Waals surface area contributed by atoms with Crippen molar-refractivity contribution in [2.45, 2.75) is 5.75 Å². The molecule has 0 amide bonds. The Bertz CT molecular complexity index is 761. The van der Waals surface area contributed by atoms with Crippen molar-refractivity contribution in [2.24, 2.45) is 0 Å². The van der Waals surface area contributed by atoms with E-state index in [0.717, 1.165) is 0 Å². The van der Waals surface area contributed by atoms with E-state index in [9.17, 15) is 18.0 Å². The third-order valence-corrected chi connectivity index (χ3v) is 3.51. The zero-order valence-corrected chi connectivity index (χ0v) is 11.7. The molecule has 0 saturated heterocycles. The highest BCUT2D eigenvalue weighted by atomic mass is 32.2. The summed E-state index contributed by atoms with van der Waals surface area (Å²) >= 11 is 0. The molecule has 21 heavy (non-hydrogen) atoms. The quantitative estimate of drug-likeness (QED) is 0.519. The fraction of sp³-hybridized carbons (Fsp3) is 0.0667. The standard InChI is InChI=1S/C15H12O5S/c16-14(12-4-2-1-3-5-12)15(17)13-8-6-11(7-9-13)10-21(18,19)20/h1-9H,10H2,(H,18,19,20). The van der Waals surface area contributed by atoms with Gasteiger partial charge in [0.05, 0.1) is 0 Å². The number of carbonyl (C=O) groups excluding carboxylic acids is 2. The van der Waals surface area contributed by atoms with E-state index in [0.29, 0.717) is 11.1 Å². The van der Waals surface area contributed by atoms with Crippen LogP contribution in [0.25, 0.3) is 0 Å². The van der Waals surface area contributed by atoms with Gasteiger partial charge in [-0.3, -0.25) is 14.1 Å². The molecule has 2 aromatic carbocycles. The maximum Gasteiger partial charge on any atom is 0.269 e. The number of ketones is 2. The van der Waals surface area contributed by atoms with Crippen molar-refractivity contribution in [3.8, 4) is 0 Å². The molecule has 5 nitrogen and oxygen atoms in total. The lowest BCUT2D eigenvalue weighted by Gasteiger charge is -2.02. The molecule has 0 aliphatic carbocycles. The van der Waals surface area contributed by atoms with Crippen LogP contribution in [0.4, 0.5) is 0 Å². The Balaban J connectivity index is 2.19. The first-order valence-electron chi connectivity index (χ1n) is 6.05. The summed E-state index contributed by atoms with van der Waals surface area (Å²) in [5, 5.41) is 0. The average Bonchev–Trinajstić information content (AvgIpc) is 2.46. The van der Waals surface area contributed by atoms with Gasteiger partial charge >= 0.3 is 0 Å². The molecule has 108 valence electrons. The first-order valence-corrected chi connectivity index (χ1v) is 7.66. The van der Waals surface area contributed by atoms with Gasteiger partial charge in [0.2, 0.25) is 11.6 Å². The van der Waals surface area contributed by atoms with Crippen LogP contribution in [-0.4, -0.2) is 24.5 Å². The minimum Gasteiger partial charge on any atom is -0.285 e. The summed E-state index contributed by atoms with van der Waals surface area (Å²) in [7, 11) is -4.12. The van der Waals surface area contributed by atoms with Crippen molar-refractivity contribution in [2.75, 3.05) is 0 Å². The lowest BCUT2D eigenvalue weighted by molar-refractivity contribution is 0.0817. The number of benzene rings is 2. The van der Waals surface area contributed by atoms with E-state index in [4.69, 9.17) is 4.55 Å². The van der Waals surface area contributed by atoms with Gasteiger partial charge in [-0.25, -0.2) is 0 Å². The molecule has 0 aliphatic rings. The van der Waals surface area contributed by atoms with E-state index < -0.39 is 27.4 Å². The van der Waals surface area contributed by atoms with Crippen LogP contribution in [0.15, 0.2) is 54.6 Å². The summed E-state index contributed by atoms with van der Waals surface area (Å²) in [6.07, 6.45) is 0. The van der Waals surface area contributed by atoms with Crippen molar-refractivity contribution in [3.05, 3.63) is 71.3 Å². The molecule has 0 aliphatic heterocycles. The molecule has 2 aromatic rings. The van der Waals surface area contributed by atoms with E-state index in [1.807, 2.05) is 0 Å². The topological polar surface area (TPSA) is 88.5 Å². The molecule has 6 heteroatoms. The van der Waals surface area contributed by atoms with Crippen LogP contribution in [0.3, 0.4) is 0 Å². The first kappa shape index (κ1) is 15.1. The Morgan fingerprint density at radius 1 is 0.810 bits per heavy atom. The van der Waals surface area contributed by atoms with Crippen molar-refractivity contribution < 1.29 is 22.6 Å². The highest BCUT2D eigenvalue weighted by molar-refractivity contribution is 7.85. The SMILES string of the molecule is O=C(C(=O)c1ccc(CS(=O)(=O)O)cc1)c1ccccc1. The summed E-state index contributed by atoms with van der Waals surface area (Å²) in [6, 6.07) is 13.7. The van der Waals surface area contributed by atoms with Crippen molar-refractivity contribution in [1.82, 2.24) is 0 Å². The first-order chi connectivity index (χ1) is 9.87. The fourth-order valence-electron chi connectivity index (χ4n) is 1.81. The van der Waals surface area contributed by atoms with Gasteiger partial charge in [0.25, 0.3) is 10.1 Å². The number of Topliss-reactive ketones (excluding diaryl/α,β-unsaturated/α-hetero) is 2. The minimum absolute atomic E-state index is 0.169. The summed E-state index contributed by atoms with van der Waals surface area (Å²) in [4.78, 5) is 24.0. The molecule has 0 heterocycles. The Morgan fingerprint density at radius 2 is 1.29 bits per heavy atom. The van der Waals surface area contributed by atoms with Crippen LogP contribution < -0.4 is 0 Å². The van der Waals surface area contributed by atoms with Crippen LogP contribution in [0.2, 0.25) is 0 Å². The zero-order chi connectivity index (χ0) is 15.5. The largest absolute Gasteiger partial charge is 0.285 e. The van der Waals surface area contributed by atoms with Gasteiger partial charge in [0.15, 0.2) is 0 Å². The monoisotopic (exact) mass is 304 g/mol. The molecule has 0 spiro atoms. The summed E-state index contributed by atoms with van der Waals surface area (Å²) in [5.74, 6) is -1.83. The van der Waals surface area contributed by atoms with Gasteiger partial charge in [-0.05, 0) is 5.56 Å². The molecule has 0 unspecified atom stereocenters. The summed E-state index contributed by atoms with van der Waals surface area (Å²) in [5.41, 5.74) is 0.800. The van der Waals surface area contributed by atoms with Crippen molar-refractivity contribution >= 4 is 21.7 Å². The highest BCUT2D eigenvalue weighted by Crippen LogP contribution is 2.11. The lowest BCUT2D eigenvalue weighted by Crippen LogP contribution is -2.14. The Labute approximate surface area is 122 Å². The molecule has 0 atom stereocenters. The molecule has 0 bridgehead atoms. The number of hydrogen-bond acceptors (Lipinski definition) is 4. The number of hydrogen-bond donors (Lipinski definition) is 1. The molecule has 0 saturated carbocycles. The van der Waals surface area contributed by atoms with E-state index in [1.165, 1.54) is 24.3 Å². The van der Waals surface area contributed by atoms with Crippen molar-refractivity contribution in [3.63, 3.8) is 0 Å². The van der Waals surface area contributed by atoms with Crippen LogP contribution in [0.5, 0.6) is 0 Å². The van der Waals surface area contributed by atoms with E-state index >= 15 is 0 Å². The van der Waals surface area contributed by atoms with Crippen LogP contribution in [0, 0.1) is 0 Å². The maximum atomic E-state index is 12.0. The second-order valence-corrected chi connectivity index (χ2v) is 5.90. The van der Waals surface area contributed by atoms with Gasteiger partial charge in [-0.2, -0.15) is 8.42 Å². The van der Waals surface area contributed by atoms with Crippen molar-refractivity contribution in [1.29, 1.82) is 0 Å². The predicted molar refractivity (Wildman–Crippen MR) is 76.8 cm³/mol. The number of rotatable bonds is 5. The minimum atomic E-state index is -4.12. The van der Waals surface area contributed by atoms with E-state index in [1.54, 1.807) is 30.3 Å². The fourth-order valence-corrected chi connectivity index (χ4v) is 2.43. The van der Waals surface area contributed by atoms with Gasteiger partial charge in [0, 0.05) is 11.1 Å². The lowest BCUT2D eigenvalue weighted by atomic mass is 10.0. The second kappa shape index (κ2) is 5.99. The normalized spacial score (nSPS) is 11.1. The maximum absolute atomic E-state index is 12.0. The molecule has 0 aromatic heterocycles. The molecular weight excluding hydrogens is 292 g/mol. The molecule has 0 radical (unpaired) electrons. The third-order valence-electron chi connectivity index (χ3n) is 2.81. The second-order valence-electron chi connectivity index (χ2n) is 4.45.